The van der Waals surface area contributed by atoms with Gasteiger partial charge in [0.2, 0.25) is 0 Å². The lowest BCUT2D eigenvalue weighted by atomic mass is 9.90. The summed E-state index contributed by atoms with van der Waals surface area (Å²) in [4.78, 5) is 36.6. The molecule has 1 aromatic heterocycles. The smallest absolute Gasteiger partial charge is 0.272 e. The number of aromatic nitrogens is 1. The summed E-state index contributed by atoms with van der Waals surface area (Å²) in [6.07, 6.45) is 3.88. The average Bonchev–Trinajstić information content (AvgIpc) is 2.99. The molecule has 7 nitrogen and oxygen atoms in total. The number of carbonyl (C=O) groups excluding carboxylic acids is 2. The SMILES string of the molecule is N#Cc1ccc(N2CCC(CC(=O)c3ccc(C(=O)N4CCN(Cc5ccc(F)cc5)CC4)nc3)CC2)cc1. The van der Waals surface area contributed by atoms with Gasteiger partial charge < -0.3 is 9.80 Å². The number of nitriles is 1. The number of hydrogen-bond donors (Lipinski definition) is 0. The van der Waals surface area contributed by atoms with Crippen LogP contribution in [0.25, 0.3) is 0 Å². The Balaban J connectivity index is 1.07. The Hall–Kier alpha value is -4.09. The quantitative estimate of drug-likeness (QED) is 0.422. The van der Waals surface area contributed by atoms with E-state index in [1.807, 2.05) is 24.3 Å². The standard InChI is InChI=1S/C31H32FN5O2/c32-27-6-1-25(2-7-27)22-35-15-17-37(18-16-35)31(39)29-10-5-26(21-34-29)30(38)19-23-11-13-36(14-12-23)28-8-3-24(20-33)4-9-28/h1-10,21,23H,11-19,22H2. The number of piperidine rings is 1. The van der Waals surface area contributed by atoms with Crippen LogP contribution in [0, 0.1) is 23.1 Å². The number of benzene rings is 2. The van der Waals surface area contributed by atoms with Gasteiger partial charge in [0.05, 0.1) is 11.6 Å². The first-order valence-electron chi connectivity index (χ1n) is 13.5. The molecule has 0 aliphatic carbocycles. The lowest BCUT2D eigenvalue weighted by molar-refractivity contribution is 0.0622. The van der Waals surface area contributed by atoms with Crippen molar-refractivity contribution in [3.8, 4) is 6.07 Å². The molecule has 3 heterocycles. The van der Waals surface area contributed by atoms with E-state index in [-0.39, 0.29) is 17.5 Å². The molecule has 200 valence electrons. The number of halogens is 1. The monoisotopic (exact) mass is 525 g/mol. The van der Waals surface area contributed by atoms with Crippen LogP contribution in [0.15, 0.2) is 66.9 Å². The van der Waals surface area contributed by atoms with E-state index in [9.17, 15) is 14.0 Å². The number of Topliss-reactive ketones (excluding diaryl/α,β-unsaturated/α-hetero) is 1. The maximum absolute atomic E-state index is 13.1. The van der Waals surface area contributed by atoms with Crippen molar-refractivity contribution in [2.45, 2.75) is 25.8 Å². The van der Waals surface area contributed by atoms with Crippen LogP contribution in [-0.4, -0.2) is 65.7 Å². The van der Waals surface area contributed by atoms with Gasteiger partial charge in [-0.1, -0.05) is 12.1 Å². The fourth-order valence-electron chi connectivity index (χ4n) is 5.33. The van der Waals surface area contributed by atoms with Crippen molar-refractivity contribution in [1.29, 1.82) is 5.26 Å². The topological polar surface area (TPSA) is 80.5 Å². The van der Waals surface area contributed by atoms with E-state index in [4.69, 9.17) is 5.26 Å². The van der Waals surface area contributed by atoms with Crippen LogP contribution < -0.4 is 4.90 Å². The van der Waals surface area contributed by atoms with Crippen molar-refractivity contribution in [2.24, 2.45) is 5.92 Å². The van der Waals surface area contributed by atoms with E-state index in [0.717, 1.165) is 56.8 Å². The first-order chi connectivity index (χ1) is 19.0. The van der Waals surface area contributed by atoms with Crippen LogP contribution in [0.2, 0.25) is 0 Å². The number of anilines is 1. The number of rotatable bonds is 7. The Labute approximate surface area is 228 Å². The Morgan fingerprint density at radius 1 is 0.897 bits per heavy atom. The fraction of sp³-hybridized carbons (Fsp3) is 0.355. The maximum Gasteiger partial charge on any atom is 0.272 e. The highest BCUT2D eigenvalue weighted by molar-refractivity contribution is 5.97. The van der Waals surface area contributed by atoms with E-state index in [0.29, 0.717) is 42.2 Å². The number of ketones is 1. The van der Waals surface area contributed by atoms with Gasteiger partial charge in [-0.25, -0.2) is 4.39 Å². The zero-order valence-corrected chi connectivity index (χ0v) is 21.9. The van der Waals surface area contributed by atoms with Gasteiger partial charge in [-0.05, 0) is 72.9 Å². The molecule has 2 aromatic carbocycles. The van der Waals surface area contributed by atoms with Crippen molar-refractivity contribution < 1.29 is 14.0 Å². The van der Waals surface area contributed by atoms with Crippen LogP contribution in [0.1, 0.15) is 51.2 Å². The van der Waals surface area contributed by atoms with E-state index in [2.05, 4.69) is 20.9 Å². The molecule has 8 heteroatoms. The summed E-state index contributed by atoms with van der Waals surface area (Å²) in [5.41, 5.74) is 3.72. The van der Waals surface area contributed by atoms with Crippen molar-refractivity contribution in [3.05, 3.63) is 95.1 Å². The molecular weight excluding hydrogens is 493 g/mol. The molecule has 0 N–H and O–H groups in total. The van der Waals surface area contributed by atoms with Gasteiger partial charge in [0, 0.05) is 69.7 Å². The Kier molecular flexibility index (Phi) is 8.28. The van der Waals surface area contributed by atoms with Crippen LogP contribution in [0.4, 0.5) is 10.1 Å². The van der Waals surface area contributed by atoms with Crippen molar-refractivity contribution in [2.75, 3.05) is 44.2 Å². The van der Waals surface area contributed by atoms with Crippen LogP contribution in [-0.2, 0) is 6.54 Å². The number of amides is 1. The number of hydrogen-bond acceptors (Lipinski definition) is 6. The summed E-state index contributed by atoms with van der Waals surface area (Å²) >= 11 is 0. The van der Waals surface area contributed by atoms with E-state index < -0.39 is 0 Å². The maximum atomic E-state index is 13.1. The summed E-state index contributed by atoms with van der Waals surface area (Å²) in [5, 5.41) is 8.98. The van der Waals surface area contributed by atoms with Gasteiger partial charge in [-0.2, -0.15) is 5.26 Å². The molecular formula is C31H32FN5O2. The molecule has 3 aromatic rings. The van der Waals surface area contributed by atoms with Crippen molar-refractivity contribution in [1.82, 2.24) is 14.8 Å². The molecule has 0 bridgehead atoms. The molecule has 2 aliphatic rings. The minimum absolute atomic E-state index is 0.0627. The zero-order chi connectivity index (χ0) is 27.2. The molecule has 5 rings (SSSR count). The summed E-state index contributed by atoms with van der Waals surface area (Å²) in [6, 6.07) is 19.7. The van der Waals surface area contributed by atoms with Gasteiger partial charge in [0.25, 0.3) is 5.91 Å². The largest absolute Gasteiger partial charge is 0.372 e. The first-order valence-corrected chi connectivity index (χ1v) is 13.5. The molecule has 0 spiro atoms. The number of carbonyl (C=O) groups is 2. The zero-order valence-electron chi connectivity index (χ0n) is 21.9. The van der Waals surface area contributed by atoms with Gasteiger partial charge in [0.15, 0.2) is 5.78 Å². The number of nitrogens with zero attached hydrogens (tertiary/aromatic N) is 5. The molecule has 2 aliphatic heterocycles. The van der Waals surface area contributed by atoms with E-state index in [1.54, 1.807) is 29.2 Å². The first kappa shape index (κ1) is 26.5. The minimum Gasteiger partial charge on any atom is -0.372 e. The van der Waals surface area contributed by atoms with E-state index in [1.165, 1.54) is 18.3 Å². The Bertz CT molecular complexity index is 1320. The van der Waals surface area contributed by atoms with Crippen molar-refractivity contribution >= 4 is 17.4 Å². The molecule has 0 unspecified atom stereocenters. The lowest BCUT2D eigenvalue weighted by Gasteiger charge is -2.34. The summed E-state index contributed by atoms with van der Waals surface area (Å²) in [6.45, 7) is 5.17. The van der Waals surface area contributed by atoms with Gasteiger partial charge in [-0.15, -0.1) is 0 Å². The normalized spacial score (nSPS) is 16.6. The van der Waals surface area contributed by atoms with Gasteiger partial charge in [0.1, 0.15) is 11.5 Å². The second kappa shape index (κ2) is 12.2. The predicted molar refractivity (Wildman–Crippen MR) is 147 cm³/mol. The highest BCUT2D eigenvalue weighted by Gasteiger charge is 2.25. The van der Waals surface area contributed by atoms with Gasteiger partial charge >= 0.3 is 0 Å². The third-order valence-electron chi connectivity index (χ3n) is 7.73. The summed E-state index contributed by atoms with van der Waals surface area (Å²) in [5.74, 6) is 0.0220. The molecule has 0 radical (unpaired) electrons. The molecule has 2 saturated heterocycles. The third-order valence-corrected chi connectivity index (χ3v) is 7.73. The van der Waals surface area contributed by atoms with Crippen molar-refractivity contribution in [3.63, 3.8) is 0 Å². The predicted octanol–water partition coefficient (Wildman–Crippen LogP) is 4.54. The highest BCUT2D eigenvalue weighted by Crippen LogP contribution is 2.26. The molecule has 0 saturated carbocycles. The second-order valence-corrected chi connectivity index (χ2v) is 10.3. The number of pyridine rings is 1. The second-order valence-electron chi connectivity index (χ2n) is 10.3. The lowest BCUT2D eigenvalue weighted by Crippen LogP contribution is -2.48. The molecule has 2 fully saturated rings. The average molecular weight is 526 g/mol. The molecule has 0 atom stereocenters. The number of piperazine rings is 1. The third kappa shape index (κ3) is 6.68. The minimum atomic E-state index is -0.240. The van der Waals surface area contributed by atoms with Gasteiger partial charge in [-0.3, -0.25) is 19.5 Å². The molecule has 39 heavy (non-hydrogen) atoms. The molecule has 1 amide bonds. The van der Waals surface area contributed by atoms with Crippen LogP contribution in [0.5, 0.6) is 0 Å². The summed E-state index contributed by atoms with van der Waals surface area (Å²) < 4.78 is 13.1. The Morgan fingerprint density at radius 2 is 1.59 bits per heavy atom. The Morgan fingerprint density at radius 3 is 2.21 bits per heavy atom. The van der Waals surface area contributed by atoms with E-state index >= 15 is 0 Å². The van der Waals surface area contributed by atoms with Crippen LogP contribution in [0.3, 0.4) is 0 Å². The summed E-state index contributed by atoms with van der Waals surface area (Å²) in [7, 11) is 0. The fourth-order valence-corrected chi connectivity index (χ4v) is 5.33. The highest BCUT2D eigenvalue weighted by atomic mass is 19.1. The van der Waals surface area contributed by atoms with Crippen LogP contribution >= 0.6 is 0 Å².